The maximum atomic E-state index is 13.6. The molecule has 8 nitrogen and oxygen atoms in total. The van der Waals surface area contributed by atoms with Crippen LogP contribution in [0, 0.1) is 0 Å². The van der Waals surface area contributed by atoms with E-state index in [0.29, 0.717) is 48.9 Å². The molecule has 10 heteroatoms. The first-order chi connectivity index (χ1) is 16.4. The Morgan fingerprint density at radius 1 is 1.29 bits per heavy atom. The summed E-state index contributed by atoms with van der Waals surface area (Å²) in [4.78, 5) is 31.7. The number of methoxy groups -OCH3 is 1. The zero-order chi connectivity index (χ0) is 24.4. The zero-order valence-electron chi connectivity index (χ0n) is 19.1. The molecule has 1 aromatic carbocycles. The smallest absolute Gasteiger partial charge is 0.338 e. The SMILES string of the molecule is CCOC(=O)C1=C(C)N=c2s/c(=C/c3ccco3)c(=O)n2[C@@H]1c1cc(OC)c(OCC)cc1Br. The van der Waals surface area contributed by atoms with Gasteiger partial charge in [-0.25, -0.2) is 9.79 Å². The Balaban J connectivity index is 2.00. The number of allylic oxidation sites excluding steroid dienone is 1. The van der Waals surface area contributed by atoms with Gasteiger partial charge in [-0.1, -0.05) is 27.3 Å². The number of nitrogens with zero attached hydrogens (tertiary/aromatic N) is 2. The third kappa shape index (κ3) is 4.35. The number of ether oxygens (including phenoxy) is 3. The minimum Gasteiger partial charge on any atom is -0.493 e. The summed E-state index contributed by atoms with van der Waals surface area (Å²) in [6, 6.07) is 6.26. The highest BCUT2D eigenvalue weighted by atomic mass is 79.9. The van der Waals surface area contributed by atoms with Crippen LogP contribution < -0.4 is 24.4 Å². The second-order valence-electron chi connectivity index (χ2n) is 7.28. The first kappa shape index (κ1) is 24.0. The summed E-state index contributed by atoms with van der Waals surface area (Å²) in [5, 5.41) is 0. The van der Waals surface area contributed by atoms with Gasteiger partial charge in [0.2, 0.25) is 0 Å². The van der Waals surface area contributed by atoms with Gasteiger partial charge in [-0.3, -0.25) is 9.36 Å². The van der Waals surface area contributed by atoms with Crippen molar-refractivity contribution in [3.8, 4) is 11.5 Å². The van der Waals surface area contributed by atoms with Crippen molar-refractivity contribution in [2.75, 3.05) is 20.3 Å². The lowest BCUT2D eigenvalue weighted by Crippen LogP contribution is -2.40. The number of furan rings is 1. The fourth-order valence-corrected chi connectivity index (χ4v) is 5.34. The Kier molecular flexibility index (Phi) is 7.08. The van der Waals surface area contributed by atoms with Crippen LogP contribution in [0.15, 0.2) is 60.5 Å². The largest absolute Gasteiger partial charge is 0.493 e. The highest BCUT2D eigenvalue weighted by molar-refractivity contribution is 9.10. The van der Waals surface area contributed by atoms with Crippen molar-refractivity contribution in [1.29, 1.82) is 0 Å². The highest BCUT2D eigenvalue weighted by Gasteiger charge is 2.35. The van der Waals surface area contributed by atoms with Crippen molar-refractivity contribution in [2.24, 2.45) is 4.99 Å². The maximum Gasteiger partial charge on any atom is 0.338 e. The quantitative estimate of drug-likeness (QED) is 0.420. The van der Waals surface area contributed by atoms with Crippen LogP contribution in [0.1, 0.15) is 38.1 Å². The summed E-state index contributed by atoms with van der Waals surface area (Å²) < 4.78 is 24.6. The molecule has 4 rings (SSSR count). The van der Waals surface area contributed by atoms with Gasteiger partial charge >= 0.3 is 5.97 Å². The summed E-state index contributed by atoms with van der Waals surface area (Å²) in [6.07, 6.45) is 3.20. The van der Waals surface area contributed by atoms with Crippen molar-refractivity contribution < 1.29 is 23.4 Å². The number of aromatic nitrogens is 1. The van der Waals surface area contributed by atoms with E-state index in [2.05, 4.69) is 20.9 Å². The number of carbonyl (C=O) groups is 1. The Labute approximate surface area is 207 Å². The molecule has 0 saturated heterocycles. The Bertz CT molecular complexity index is 1440. The number of halogens is 1. The first-order valence-electron chi connectivity index (χ1n) is 10.6. The van der Waals surface area contributed by atoms with E-state index in [1.54, 1.807) is 44.2 Å². The number of thiazole rings is 1. The van der Waals surface area contributed by atoms with E-state index in [4.69, 9.17) is 18.6 Å². The van der Waals surface area contributed by atoms with Crippen molar-refractivity contribution in [1.82, 2.24) is 4.57 Å². The minimum atomic E-state index is -0.784. The number of hydrogen-bond donors (Lipinski definition) is 0. The molecule has 0 radical (unpaired) electrons. The molecule has 34 heavy (non-hydrogen) atoms. The number of benzene rings is 1. The molecule has 0 spiro atoms. The summed E-state index contributed by atoms with van der Waals surface area (Å²) >= 11 is 4.83. The molecule has 0 aliphatic carbocycles. The van der Waals surface area contributed by atoms with E-state index in [1.807, 2.05) is 6.92 Å². The zero-order valence-corrected chi connectivity index (χ0v) is 21.5. The summed E-state index contributed by atoms with van der Waals surface area (Å²) in [6.45, 7) is 6.00. The van der Waals surface area contributed by atoms with Crippen LogP contribution in [0.25, 0.3) is 6.08 Å². The lowest BCUT2D eigenvalue weighted by atomic mass is 9.95. The van der Waals surface area contributed by atoms with Gasteiger partial charge in [0.15, 0.2) is 16.3 Å². The molecule has 1 aliphatic heterocycles. The van der Waals surface area contributed by atoms with E-state index in [0.717, 1.165) is 0 Å². The molecular formula is C24H23BrN2O6S. The van der Waals surface area contributed by atoms with Crippen molar-refractivity contribution >= 4 is 39.3 Å². The summed E-state index contributed by atoms with van der Waals surface area (Å²) in [7, 11) is 1.54. The molecule has 0 N–H and O–H groups in total. The lowest BCUT2D eigenvalue weighted by Gasteiger charge is -2.26. The van der Waals surface area contributed by atoms with Crippen LogP contribution in [0.3, 0.4) is 0 Å². The van der Waals surface area contributed by atoms with Crippen LogP contribution in [-0.2, 0) is 9.53 Å². The predicted octanol–water partition coefficient (Wildman–Crippen LogP) is 3.56. The van der Waals surface area contributed by atoms with Crippen molar-refractivity contribution in [2.45, 2.75) is 26.8 Å². The number of rotatable bonds is 7. The minimum absolute atomic E-state index is 0.193. The van der Waals surface area contributed by atoms with Crippen LogP contribution >= 0.6 is 27.3 Å². The molecule has 1 atom stereocenters. The average molecular weight is 547 g/mol. The molecule has 0 bridgehead atoms. The topological polar surface area (TPSA) is 92.3 Å². The van der Waals surface area contributed by atoms with Gasteiger partial charge < -0.3 is 18.6 Å². The van der Waals surface area contributed by atoms with Crippen LogP contribution in [0.5, 0.6) is 11.5 Å². The molecule has 0 amide bonds. The molecule has 0 fully saturated rings. The maximum absolute atomic E-state index is 13.6. The van der Waals surface area contributed by atoms with Gasteiger partial charge in [-0.2, -0.15) is 0 Å². The average Bonchev–Trinajstić information content (AvgIpc) is 3.42. The van der Waals surface area contributed by atoms with Crippen LogP contribution in [0.4, 0.5) is 0 Å². The summed E-state index contributed by atoms with van der Waals surface area (Å²) in [5.74, 6) is 1.04. The molecule has 3 aromatic rings. The van der Waals surface area contributed by atoms with Crippen LogP contribution in [-0.4, -0.2) is 30.9 Å². The van der Waals surface area contributed by atoms with E-state index >= 15 is 0 Å². The molecule has 1 aliphatic rings. The molecular weight excluding hydrogens is 524 g/mol. The Morgan fingerprint density at radius 3 is 2.74 bits per heavy atom. The van der Waals surface area contributed by atoms with E-state index < -0.39 is 12.0 Å². The van der Waals surface area contributed by atoms with Gasteiger partial charge in [0.1, 0.15) is 5.76 Å². The second-order valence-corrected chi connectivity index (χ2v) is 9.14. The molecule has 0 saturated carbocycles. The van der Waals surface area contributed by atoms with Gasteiger partial charge in [0, 0.05) is 10.5 Å². The number of carbonyl (C=O) groups excluding carboxylic acids is 1. The normalized spacial score (nSPS) is 15.7. The van der Waals surface area contributed by atoms with E-state index in [9.17, 15) is 9.59 Å². The molecule has 178 valence electrons. The predicted molar refractivity (Wildman–Crippen MR) is 131 cm³/mol. The number of esters is 1. The van der Waals surface area contributed by atoms with Gasteiger partial charge in [0.05, 0.1) is 48.4 Å². The number of fused-ring (bicyclic) bond motifs is 1. The summed E-state index contributed by atoms with van der Waals surface area (Å²) in [5.41, 5.74) is 1.11. The lowest BCUT2D eigenvalue weighted by molar-refractivity contribution is -0.139. The number of hydrogen-bond acceptors (Lipinski definition) is 8. The molecule has 0 unspecified atom stereocenters. The van der Waals surface area contributed by atoms with Gasteiger partial charge in [-0.15, -0.1) is 0 Å². The van der Waals surface area contributed by atoms with E-state index in [-0.39, 0.29) is 17.7 Å². The molecule has 2 aromatic heterocycles. The van der Waals surface area contributed by atoms with Gasteiger partial charge in [0.25, 0.3) is 5.56 Å². The van der Waals surface area contributed by atoms with Crippen molar-refractivity contribution in [3.63, 3.8) is 0 Å². The molecule has 3 heterocycles. The van der Waals surface area contributed by atoms with E-state index in [1.165, 1.54) is 29.3 Å². The second kappa shape index (κ2) is 10.0. The monoisotopic (exact) mass is 546 g/mol. The fraction of sp³-hybridized carbons (Fsp3) is 0.292. The Morgan fingerprint density at radius 2 is 2.09 bits per heavy atom. The standard InChI is InChI=1S/C24H23BrN2O6S/c1-5-31-18-12-16(25)15(11-17(18)30-4)21-20(23(29)32-6-2)13(3)26-24-27(21)22(28)19(34-24)10-14-8-7-9-33-14/h7-12,21H,5-6H2,1-4H3/b19-10+/t21-/m1/s1. The third-order valence-corrected chi connectivity index (χ3v) is 6.88. The van der Waals surface area contributed by atoms with Crippen LogP contribution in [0.2, 0.25) is 0 Å². The highest BCUT2D eigenvalue weighted by Crippen LogP contribution is 2.40. The van der Waals surface area contributed by atoms with Crippen molar-refractivity contribution in [3.05, 3.63) is 77.3 Å². The fourth-order valence-electron chi connectivity index (χ4n) is 3.78. The first-order valence-corrected chi connectivity index (χ1v) is 12.2. The third-order valence-electron chi connectivity index (χ3n) is 5.21. The van der Waals surface area contributed by atoms with Gasteiger partial charge in [-0.05, 0) is 50.6 Å². The Hall–Kier alpha value is -3.11.